The van der Waals surface area contributed by atoms with Gasteiger partial charge >= 0.3 is 0 Å². The quantitative estimate of drug-likeness (QED) is 0.700. The molecule has 30 heavy (non-hydrogen) atoms. The van der Waals surface area contributed by atoms with E-state index in [-0.39, 0.29) is 0 Å². The molecule has 2 aromatic rings. The maximum Gasteiger partial charge on any atom is 0.256 e. The normalized spacial score (nSPS) is 17.3. The number of para-hydroxylation sites is 1. The van der Waals surface area contributed by atoms with Crippen LogP contribution < -0.4 is 15.4 Å². The number of hydrogen-bond acceptors (Lipinski definition) is 5. The molecule has 0 bridgehead atoms. The van der Waals surface area contributed by atoms with Gasteiger partial charge in [0.1, 0.15) is 5.75 Å². The maximum atomic E-state index is 13.5. The van der Waals surface area contributed by atoms with E-state index in [1.807, 2.05) is 30.3 Å². The van der Waals surface area contributed by atoms with Crippen LogP contribution in [0.25, 0.3) is 0 Å². The molecule has 1 atom stereocenters. The van der Waals surface area contributed by atoms with E-state index in [0.29, 0.717) is 37.2 Å². The Balaban J connectivity index is 2.11. The molecule has 0 aliphatic carbocycles. The highest BCUT2D eigenvalue weighted by Gasteiger charge is 2.49. The number of hydrogen-bond donors (Lipinski definition) is 2. The molecule has 2 N–H and O–H groups in total. The largest absolute Gasteiger partial charge is 0.496 e. The summed E-state index contributed by atoms with van der Waals surface area (Å²) in [7, 11) is 0.644. The first kappa shape index (κ1) is 22.3. The number of amides is 1. The predicted octanol–water partition coefficient (Wildman–Crippen LogP) is 1.96. The van der Waals surface area contributed by atoms with Crippen LogP contribution in [0.1, 0.15) is 28.8 Å². The SMILES string of the molecule is COc1ccccc1C(=O)NC(C1(c2ccccc2)CCNCC1)S(=O)(=O)N(C)C. The number of ether oxygens (including phenoxy) is 1. The molecule has 1 heterocycles. The van der Waals surface area contributed by atoms with E-state index in [1.54, 1.807) is 24.3 Å². The highest BCUT2D eigenvalue weighted by molar-refractivity contribution is 7.89. The third kappa shape index (κ3) is 4.21. The zero-order valence-corrected chi connectivity index (χ0v) is 18.4. The molecule has 0 aromatic heterocycles. The van der Waals surface area contributed by atoms with Crippen LogP contribution in [0.4, 0.5) is 0 Å². The minimum Gasteiger partial charge on any atom is -0.496 e. The summed E-state index contributed by atoms with van der Waals surface area (Å²) < 4.78 is 33.5. The number of rotatable bonds is 7. The highest BCUT2D eigenvalue weighted by atomic mass is 32.2. The van der Waals surface area contributed by atoms with Crippen LogP contribution in [-0.4, -0.2) is 58.3 Å². The summed E-state index contributed by atoms with van der Waals surface area (Å²) in [5.41, 5.74) is 0.450. The molecular formula is C22H29N3O4S. The van der Waals surface area contributed by atoms with Crippen LogP contribution in [0.2, 0.25) is 0 Å². The van der Waals surface area contributed by atoms with Gasteiger partial charge in [-0.3, -0.25) is 4.79 Å². The summed E-state index contributed by atoms with van der Waals surface area (Å²) >= 11 is 0. The van der Waals surface area contributed by atoms with Crippen LogP contribution in [0.15, 0.2) is 54.6 Å². The molecule has 1 aliphatic heterocycles. The second kappa shape index (κ2) is 9.16. The summed E-state index contributed by atoms with van der Waals surface area (Å²) in [6.45, 7) is 1.33. The fourth-order valence-electron chi connectivity index (χ4n) is 4.08. The van der Waals surface area contributed by atoms with E-state index in [1.165, 1.54) is 25.5 Å². The van der Waals surface area contributed by atoms with Gasteiger partial charge in [0, 0.05) is 19.5 Å². The van der Waals surface area contributed by atoms with Gasteiger partial charge in [-0.15, -0.1) is 0 Å². The van der Waals surface area contributed by atoms with Gasteiger partial charge in [0.2, 0.25) is 10.0 Å². The number of sulfonamides is 1. The van der Waals surface area contributed by atoms with Gasteiger partial charge in [0.15, 0.2) is 5.37 Å². The van der Waals surface area contributed by atoms with E-state index in [2.05, 4.69) is 10.6 Å². The first-order valence-corrected chi connectivity index (χ1v) is 11.4. The molecule has 2 aromatic carbocycles. The van der Waals surface area contributed by atoms with Crippen molar-refractivity contribution in [2.75, 3.05) is 34.3 Å². The predicted molar refractivity (Wildman–Crippen MR) is 117 cm³/mol. The molecule has 1 unspecified atom stereocenters. The van der Waals surface area contributed by atoms with Crippen LogP contribution in [0, 0.1) is 0 Å². The summed E-state index contributed by atoms with van der Waals surface area (Å²) in [4.78, 5) is 13.2. The number of nitrogens with one attached hydrogen (secondary N) is 2. The Morgan fingerprint density at radius 1 is 1.07 bits per heavy atom. The number of benzene rings is 2. The molecule has 1 aliphatic rings. The van der Waals surface area contributed by atoms with Crippen LogP contribution in [0.3, 0.4) is 0 Å². The Bertz CT molecular complexity index is 971. The third-order valence-corrected chi connectivity index (χ3v) is 7.95. The van der Waals surface area contributed by atoms with Gasteiger partial charge in [-0.1, -0.05) is 42.5 Å². The number of carbonyl (C=O) groups excluding carboxylic acids is 1. The van der Waals surface area contributed by atoms with Crippen molar-refractivity contribution in [2.45, 2.75) is 23.6 Å². The maximum absolute atomic E-state index is 13.5. The van der Waals surface area contributed by atoms with Crippen molar-refractivity contribution in [2.24, 2.45) is 0 Å². The zero-order valence-electron chi connectivity index (χ0n) is 17.6. The summed E-state index contributed by atoms with van der Waals surface area (Å²) in [6, 6.07) is 16.4. The Kier molecular flexibility index (Phi) is 6.80. The zero-order chi connectivity index (χ0) is 21.8. The lowest BCUT2D eigenvalue weighted by Crippen LogP contribution is -2.60. The van der Waals surface area contributed by atoms with Gasteiger partial charge in [0.25, 0.3) is 5.91 Å². The summed E-state index contributed by atoms with van der Waals surface area (Å²) in [5, 5.41) is 5.05. The summed E-state index contributed by atoms with van der Waals surface area (Å²) in [6.07, 6.45) is 1.17. The Morgan fingerprint density at radius 3 is 2.27 bits per heavy atom. The van der Waals surface area contributed by atoms with Gasteiger partial charge in [-0.25, -0.2) is 12.7 Å². The van der Waals surface area contributed by atoms with Crippen molar-refractivity contribution < 1.29 is 17.9 Å². The molecular weight excluding hydrogens is 402 g/mol. The minimum absolute atomic E-state index is 0.302. The van der Waals surface area contributed by atoms with Crippen molar-refractivity contribution in [1.82, 2.24) is 14.9 Å². The lowest BCUT2D eigenvalue weighted by Gasteiger charge is -2.44. The Morgan fingerprint density at radius 2 is 1.67 bits per heavy atom. The first-order chi connectivity index (χ1) is 14.3. The Labute approximate surface area is 178 Å². The minimum atomic E-state index is -3.84. The molecule has 8 heteroatoms. The van der Waals surface area contributed by atoms with Crippen LogP contribution >= 0.6 is 0 Å². The number of methoxy groups -OCH3 is 1. The fourth-order valence-corrected chi connectivity index (χ4v) is 5.70. The molecule has 1 saturated heterocycles. The van der Waals surface area contributed by atoms with E-state index < -0.39 is 26.7 Å². The smallest absolute Gasteiger partial charge is 0.256 e. The Hall–Kier alpha value is -2.42. The first-order valence-electron chi connectivity index (χ1n) is 9.94. The van der Waals surface area contributed by atoms with Crippen molar-refractivity contribution in [3.8, 4) is 5.75 Å². The van der Waals surface area contributed by atoms with E-state index >= 15 is 0 Å². The highest BCUT2D eigenvalue weighted by Crippen LogP contribution is 2.40. The number of carbonyl (C=O) groups is 1. The van der Waals surface area contributed by atoms with Gasteiger partial charge in [-0.05, 0) is 43.6 Å². The number of nitrogens with zero attached hydrogens (tertiary/aromatic N) is 1. The standard InChI is InChI=1S/C22H29N3O4S/c1-25(2)30(27,28)21(24-20(26)18-11-7-8-12-19(18)29-3)22(13-15-23-16-14-22)17-9-5-4-6-10-17/h4-12,21,23H,13-16H2,1-3H3,(H,24,26). The van der Waals surface area contributed by atoms with E-state index in [0.717, 1.165) is 5.56 Å². The lowest BCUT2D eigenvalue weighted by molar-refractivity contribution is 0.0921. The second-order valence-corrected chi connectivity index (χ2v) is 9.88. The van der Waals surface area contributed by atoms with Crippen LogP contribution in [-0.2, 0) is 15.4 Å². The molecule has 7 nitrogen and oxygen atoms in total. The number of piperidine rings is 1. The van der Waals surface area contributed by atoms with Crippen molar-refractivity contribution in [3.63, 3.8) is 0 Å². The molecule has 0 spiro atoms. The van der Waals surface area contributed by atoms with E-state index in [4.69, 9.17) is 4.74 Å². The van der Waals surface area contributed by atoms with Crippen LogP contribution in [0.5, 0.6) is 5.75 Å². The van der Waals surface area contributed by atoms with Gasteiger partial charge in [-0.2, -0.15) is 0 Å². The molecule has 1 amide bonds. The van der Waals surface area contributed by atoms with Gasteiger partial charge in [0.05, 0.1) is 12.7 Å². The van der Waals surface area contributed by atoms with Crippen molar-refractivity contribution in [1.29, 1.82) is 0 Å². The molecule has 0 saturated carbocycles. The monoisotopic (exact) mass is 431 g/mol. The van der Waals surface area contributed by atoms with Gasteiger partial charge < -0.3 is 15.4 Å². The fraction of sp³-hybridized carbons (Fsp3) is 0.409. The summed E-state index contributed by atoms with van der Waals surface area (Å²) in [5.74, 6) is -0.0770. The van der Waals surface area contributed by atoms with Crippen molar-refractivity contribution in [3.05, 3.63) is 65.7 Å². The van der Waals surface area contributed by atoms with E-state index in [9.17, 15) is 13.2 Å². The molecule has 1 fully saturated rings. The third-order valence-electron chi connectivity index (χ3n) is 5.77. The average Bonchev–Trinajstić information content (AvgIpc) is 2.78. The molecule has 3 rings (SSSR count). The topological polar surface area (TPSA) is 87.7 Å². The van der Waals surface area contributed by atoms with Crippen molar-refractivity contribution >= 4 is 15.9 Å². The second-order valence-electron chi connectivity index (χ2n) is 7.65. The molecule has 162 valence electrons. The molecule has 0 radical (unpaired) electrons. The lowest BCUT2D eigenvalue weighted by atomic mass is 9.72. The average molecular weight is 432 g/mol.